The Labute approximate surface area is 472 Å². The van der Waals surface area contributed by atoms with Crippen molar-refractivity contribution in [1.82, 2.24) is 11.5 Å². The summed E-state index contributed by atoms with van der Waals surface area (Å²) < 4.78 is 169. The van der Waals surface area contributed by atoms with E-state index >= 15 is 0 Å². The summed E-state index contributed by atoms with van der Waals surface area (Å²) >= 11 is 7.06. The zero-order valence-electron chi connectivity index (χ0n) is 44.7. The normalized spacial score (nSPS) is 11.4. The number of nitriles is 1. The fraction of sp³-hybridized carbons (Fsp3) is 0.210. The van der Waals surface area contributed by atoms with Crippen molar-refractivity contribution < 1.29 is 58.2 Å². The second-order valence-electron chi connectivity index (χ2n) is 19.0. The predicted molar refractivity (Wildman–Crippen MR) is 299 cm³/mol. The first-order valence-electron chi connectivity index (χ1n) is 24.1. The van der Waals surface area contributed by atoms with Gasteiger partial charge in [0.2, 0.25) is 0 Å². The van der Waals surface area contributed by atoms with E-state index in [1.165, 1.54) is 6.92 Å². The fourth-order valence-corrected chi connectivity index (χ4v) is 11.2. The van der Waals surface area contributed by atoms with Crippen molar-refractivity contribution in [2.75, 3.05) is 0 Å². The molecule has 0 atom stereocenters. The highest BCUT2D eigenvalue weighted by Crippen LogP contribution is 2.48. The third-order valence-electron chi connectivity index (χ3n) is 14.4. The van der Waals surface area contributed by atoms with Crippen molar-refractivity contribution in [2.45, 2.75) is 86.1 Å². The molecule has 6 N–H and O–H groups in total. The van der Waals surface area contributed by atoms with Gasteiger partial charge in [0, 0.05) is 30.7 Å². The van der Waals surface area contributed by atoms with Gasteiger partial charge < -0.3 is 16.9 Å². The molecule has 0 bridgehead atoms. The van der Waals surface area contributed by atoms with Gasteiger partial charge in [-0.2, -0.15) is 5.26 Å². The largest absolute Gasteiger partial charge is 0.412 e. The highest BCUT2D eigenvalue weighted by molar-refractivity contribution is 9.08. The van der Waals surface area contributed by atoms with Crippen molar-refractivity contribution in [1.29, 1.82) is 5.26 Å². The Morgan fingerprint density at radius 2 is 0.588 bits per heavy atom. The zero-order chi connectivity index (χ0) is 57.5. The van der Waals surface area contributed by atoms with Crippen LogP contribution in [0.25, 0.3) is 66.8 Å². The maximum absolute atomic E-state index is 14.2. The number of halogens is 14. The van der Waals surface area contributed by atoms with Crippen molar-refractivity contribution >= 4 is 31.9 Å². The maximum Gasteiger partial charge on any atom is 0.194 e. The van der Waals surface area contributed by atoms with Gasteiger partial charge in [-0.25, -0.2) is 52.7 Å². The second kappa shape index (κ2) is 25.8. The quantitative estimate of drug-likeness (QED) is 0.0944. The summed E-state index contributed by atoms with van der Waals surface area (Å²) in [7, 11) is 0. The SMILES string of the molecule is CC#N.Cc1cc(-c2cc(F)c(F)c(F)c2)c(CBr)c(-c2c(C)c(C)cc(-c3cc(F)c(F)c(F)c3)c2CBr)c1C.Cc1cc(-c2cc(F)c(F)c(F)c2)c2c(c1C)-c1c(C)c(C)cc(-c3cc(F)c(F)c(F)c3)c1CNC2.N.O. The van der Waals surface area contributed by atoms with Crippen molar-refractivity contribution in [3.8, 4) is 72.8 Å². The average molecular weight is 1240 g/mol. The molecular formula is C62H53Br2F12N3O. The summed E-state index contributed by atoms with van der Waals surface area (Å²) in [4.78, 5) is 0. The molecule has 8 aromatic carbocycles. The van der Waals surface area contributed by atoms with E-state index in [0.717, 1.165) is 126 Å². The highest BCUT2D eigenvalue weighted by Gasteiger charge is 2.29. The number of aryl methyl sites for hydroxylation is 4. The van der Waals surface area contributed by atoms with Gasteiger partial charge in [-0.15, -0.1) is 0 Å². The monoisotopic (exact) mass is 1240 g/mol. The van der Waals surface area contributed by atoms with Gasteiger partial charge in [0.25, 0.3) is 0 Å². The van der Waals surface area contributed by atoms with Gasteiger partial charge in [-0.1, -0.05) is 56.1 Å². The fourth-order valence-electron chi connectivity index (χ4n) is 10.1. The van der Waals surface area contributed by atoms with Crippen LogP contribution in [0.2, 0.25) is 0 Å². The molecule has 0 saturated heterocycles. The summed E-state index contributed by atoms with van der Waals surface area (Å²) in [6, 6.07) is 16.8. The van der Waals surface area contributed by atoms with Gasteiger partial charge >= 0.3 is 0 Å². The molecule has 0 aliphatic carbocycles. The van der Waals surface area contributed by atoms with Crippen LogP contribution in [-0.4, -0.2) is 5.48 Å². The van der Waals surface area contributed by atoms with Crippen LogP contribution in [0.15, 0.2) is 72.8 Å². The van der Waals surface area contributed by atoms with Gasteiger partial charge in [0.05, 0.1) is 6.07 Å². The van der Waals surface area contributed by atoms with Crippen LogP contribution in [0.5, 0.6) is 0 Å². The smallest absolute Gasteiger partial charge is 0.194 e. The first-order valence-corrected chi connectivity index (χ1v) is 26.3. The van der Waals surface area contributed by atoms with Gasteiger partial charge in [-0.05, 0) is 237 Å². The van der Waals surface area contributed by atoms with Crippen molar-refractivity contribution in [2.24, 2.45) is 0 Å². The van der Waals surface area contributed by atoms with Crippen LogP contribution in [-0.2, 0) is 23.7 Å². The van der Waals surface area contributed by atoms with Gasteiger partial charge in [-0.3, -0.25) is 0 Å². The van der Waals surface area contributed by atoms with Crippen LogP contribution >= 0.6 is 31.9 Å². The Morgan fingerprint density at radius 1 is 0.388 bits per heavy atom. The van der Waals surface area contributed by atoms with E-state index in [4.69, 9.17) is 5.26 Å². The van der Waals surface area contributed by atoms with Gasteiger partial charge in [0.1, 0.15) is 0 Å². The second-order valence-corrected chi connectivity index (χ2v) is 20.1. The maximum atomic E-state index is 14.2. The molecule has 0 aromatic heterocycles. The van der Waals surface area contributed by atoms with Crippen molar-refractivity contribution in [3.05, 3.63) is 209 Å². The van der Waals surface area contributed by atoms with Crippen LogP contribution in [0.1, 0.15) is 73.7 Å². The minimum atomic E-state index is -1.54. The zero-order valence-corrected chi connectivity index (χ0v) is 47.9. The lowest BCUT2D eigenvalue weighted by atomic mass is 9.80. The molecule has 9 rings (SSSR count). The third kappa shape index (κ3) is 12.0. The van der Waals surface area contributed by atoms with E-state index < -0.39 is 69.8 Å². The molecule has 18 heteroatoms. The molecule has 80 heavy (non-hydrogen) atoms. The molecule has 1 aliphatic heterocycles. The molecule has 1 heterocycles. The molecule has 420 valence electrons. The van der Waals surface area contributed by atoms with E-state index in [1.807, 2.05) is 67.5 Å². The van der Waals surface area contributed by atoms with Crippen molar-refractivity contribution in [3.63, 3.8) is 0 Å². The molecule has 0 spiro atoms. The Balaban J connectivity index is 0.000000274. The van der Waals surface area contributed by atoms with Crippen LogP contribution < -0.4 is 11.5 Å². The van der Waals surface area contributed by atoms with Crippen LogP contribution in [0.3, 0.4) is 0 Å². The molecule has 4 nitrogen and oxygen atoms in total. The van der Waals surface area contributed by atoms with E-state index in [9.17, 15) is 52.7 Å². The lowest BCUT2D eigenvalue weighted by Gasteiger charge is -2.25. The molecule has 0 amide bonds. The lowest BCUT2D eigenvalue weighted by molar-refractivity contribution is 0.447. The Bertz CT molecular complexity index is 3470. The number of benzene rings is 8. The highest BCUT2D eigenvalue weighted by atomic mass is 79.9. The molecule has 0 unspecified atom stereocenters. The summed E-state index contributed by atoms with van der Waals surface area (Å²) in [5.41, 5.74) is 16.1. The molecule has 1 aliphatic rings. The number of hydrogen-bond acceptors (Lipinski definition) is 3. The lowest BCUT2D eigenvalue weighted by Crippen LogP contribution is -2.12. The van der Waals surface area contributed by atoms with E-state index in [-0.39, 0.29) is 33.9 Å². The summed E-state index contributed by atoms with van der Waals surface area (Å²) in [5, 5.41) is 11.2. The molecule has 0 fully saturated rings. The van der Waals surface area contributed by atoms with E-state index in [2.05, 4.69) is 37.2 Å². The third-order valence-corrected chi connectivity index (χ3v) is 15.5. The number of rotatable bonds is 7. The van der Waals surface area contributed by atoms with E-state index in [0.29, 0.717) is 57.1 Å². The number of fused-ring (bicyclic) bond motifs is 3. The van der Waals surface area contributed by atoms with Crippen LogP contribution in [0.4, 0.5) is 52.7 Å². The number of nitrogens with one attached hydrogen (secondary N) is 1. The van der Waals surface area contributed by atoms with E-state index in [1.54, 1.807) is 18.2 Å². The Kier molecular flexibility index (Phi) is 20.7. The number of hydrogen-bond donors (Lipinski definition) is 2. The van der Waals surface area contributed by atoms with Crippen LogP contribution in [0, 0.1) is 137 Å². The molecule has 0 saturated carbocycles. The summed E-state index contributed by atoms with van der Waals surface area (Å²) in [6.07, 6.45) is 0. The topological polar surface area (TPSA) is 102 Å². The average Bonchev–Trinajstić information content (AvgIpc) is 3.60. The minimum absolute atomic E-state index is 0. The predicted octanol–water partition coefficient (Wildman–Crippen LogP) is 18.8. The molecule has 0 radical (unpaired) electrons. The first-order chi connectivity index (χ1) is 36.8. The number of nitrogens with zero attached hydrogens (tertiary/aromatic N) is 1. The molecular weight excluding hydrogens is 1190 g/mol. The molecule has 8 aromatic rings. The minimum Gasteiger partial charge on any atom is -0.412 e. The number of alkyl halides is 2. The first kappa shape index (κ1) is 64.1. The Hall–Kier alpha value is -6.75. The summed E-state index contributed by atoms with van der Waals surface area (Å²) in [6.45, 7) is 17.3. The standard InChI is InChI=1S/C30H22Br2F6.C30H23F6N.C2H3N.H3N.H2O/c1-13-5-19(17-7-23(33)29(37)24(34)8-17)21(11-31)27(15(13)3)28-16(4)14(2)6-20(22(28)12-32)18-9-25(35)30(38)26(36)10-18;1-13-5-19(17-7-23(31)29(35)24(32)8-17)21-11-37-12-22-20(18-9-25(33)30(36)26(34)10-18)6-14(2)16(4)28(22)27(21)15(13)3;1-2-3;;/h5-10H,11-12H2,1-4H3;5-10,37H,11-12H2,1-4H3;1H3;1H3;1H2. The summed E-state index contributed by atoms with van der Waals surface area (Å²) in [5.74, 6) is -16.4. The Morgan fingerprint density at radius 3 is 0.812 bits per heavy atom. The van der Waals surface area contributed by atoms with Gasteiger partial charge in [0.15, 0.2) is 69.8 Å².